The number of carboxylic acid groups (broad SMARTS) is 1. The van der Waals surface area contributed by atoms with Gasteiger partial charge in [0.1, 0.15) is 0 Å². The van der Waals surface area contributed by atoms with Crippen molar-refractivity contribution in [3.63, 3.8) is 0 Å². The number of carbonyl (C=O) groups is 2. The molecule has 0 aliphatic carbocycles. The number of rotatable bonds is 7. The lowest BCUT2D eigenvalue weighted by molar-refractivity contribution is -0.142. The number of nitrogens with zero attached hydrogens (tertiary/aromatic N) is 1. The highest BCUT2D eigenvalue weighted by molar-refractivity contribution is 5.77. The standard InChI is InChI=1S/C12H23NO3/c1-5-10(6-2)7-11(14)13(4)8-9(3)12(15)16/h9-10H,5-8H2,1-4H3,(H,15,16). The highest BCUT2D eigenvalue weighted by atomic mass is 16.4. The van der Waals surface area contributed by atoms with Crippen LogP contribution < -0.4 is 0 Å². The Kier molecular flexibility index (Phi) is 6.77. The van der Waals surface area contributed by atoms with E-state index < -0.39 is 11.9 Å². The molecule has 4 heteroatoms. The highest BCUT2D eigenvalue weighted by Gasteiger charge is 2.19. The van der Waals surface area contributed by atoms with Crippen molar-refractivity contribution in [2.45, 2.75) is 40.0 Å². The van der Waals surface area contributed by atoms with Crippen LogP contribution >= 0.6 is 0 Å². The maximum Gasteiger partial charge on any atom is 0.308 e. The van der Waals surface area contributed by atoms with E-state index in [2.05, 4.69) is 13.8 Å². The summed E-state index contributed by atoms with van der Waals surface area (Å²) in [5.41, 5.74) is 0. The van der Waals surface area contributed by atoms with Crippen LogP contribution in [-0.2, 0) is 9.59 Å². The molecule has 0 heterocycles. The zero-order valence-electron chi connectivity index (χ0n) is 10.7. The van der Waals surface area contributed by atoms with Gasteiger partial charge >= 0.3 is 5.97 Å². The van der Waals surface area contributed by atoms with Crippen molar-refractivity contribution in [2.75, 3.05) is 13.6 Å². The van der Waals surface area contributed by atoms with Gasteiger partial charge in [0.05, 0.1) is 5.92 Å². The molecule has 0 rings (SSSR count). The van der Waals surface area contributed by atoms with Crippen molar-refractivity contribution in [1.29, 1.82) is 0 Å². The first-order valence-corrected chi connectivity index (χ1v) is 5.89. The summed E-state index contributed by atoms with van der Waals surface area (Å²) in [4.78, 5) is 23.9. The predicted octanol–water partition coefficient (Wildman–Crippen LogP) is 1.99. The van der Waals surface area contributed by atoms with E-state index in [1.54, 1.807) is 14.0 Å². The highest BCUT2D eigenvalue weighted by Crippen LogP contribution is 2.14. The zero-order chi connectivity index (χ0) is 12.7. The minimum Gasteiger partial charge on any atom is -0.481 e. The van der Waals surface area contributed by atoms with Gasteiger partial charge in [-0.05, 0) is 5.92 Å². The molecule has 1 amide bonds. The molecule has 0 fully saturated rings. The zero-order valence-corrected chi connectivity index (χ0v) is 10.7. The van der Waals surface area contributed by atoms with E-state index in [1.165, 1.54) is 4.90 Å². The predicted molar refractivity (Wildman–Crippen MR) is 63.1 cm³/mol. The second-order valence-corrected chi connectivity index (χ2v) is 4.40. The van der Waals surface area contributed by atoms with Gasteiger partial charge < -0.3 is 10.0 Å². The number of carboxylic acids is 1. The smallest absolute Gasteiger partial charge is 0.308 e. The van der Waals surface area contributed by atoms with Crippen molar-refractivity contribution in [1.82, 2.24) is 4.90 Å². The molecule has 1 N–H and O–H groups in total. The maximum atomic E-state index is 11.8. The first-order chi connectivity index (χ1) is 7.42. The SMILES string of the molecule is CCC(CC)CC(=O)N(C)CC(C)C(=O)O. The van der Waals surface area contributed by atoms with Crippen LogP contribution in [0.25, 0.3) is 0 Å². The fourth-order valence-corrected chi connectivity index (χ4v) is 1.57. The molecule has 0 aromatic carbocycles. The molecule has 0 aromatic heterocycles. The Hall–Kier alpha value is -1.06. The van der Waals surface area contributed by atoms with Crippen LogP contribution in [0.2, 0.25) is 0 Å². The van der Waals surface area contributed by atoms with E-state index in [9.17, 15) is 9.59 Å². The molecule has 0 aromatic rings. The number of aliphatic carboxylic acids is 1. The van der Waals surface area contributed by atoms with Crippen LogP contribution in [0.5, 0.6) is 0 Å². The Balaban J connectivity index is 4.13. The lowest BCUT2D eigenvalue weighted by Gasteiger charge is -2.21. The lowest BCUT2D eigenvalue weighted by Crippen LogP contribution is -2.34. The third-order valence-electron chi connectivity index (χ3n) is 3.01. The van der Waals surface area contributed by atoms with Gasteiger partial charge in [-0.25, -0.2) is 0 Å². The van der Waals surface area contributed by atoms with Gasteiger partial charge in [0.2, 0.25) is 5.91 Å². The molecule has 0 saturated heterocycles. The van der Waals surface area contributed by atoms with Crippen molar-refractivity contribution in [2.24, 2.45) is 11.8 Å². The molecule has 1 unspecified atom stereocenters. The monoisotopic (exact) mass is 229 g/mol. The number of hydrogen-bond acceptors (Lipinski definition) is 2. The molecule has 16 heavy (non-hydrogen) atoms. The van der Waals surface area contributed by atoms with Crippen molar-refractivity contribution < 1.29 is 14.7 Å². The fourth-order valence-electron chi connectivity index (χ4n) is 1.57. The molecule has 1 atom stereocenters. The molecule has 94 valence electrons. The van der Waals surface area contributed by atoms with Crippen molar-refractivity contribution >= 4 is 11.9 Å². The maximum absolute atomic E-state index is 11.8. The molecular formula is C12H23NO3. The summed E-state index contributed by atoms with van der Waals surface area (Å²) in [5.74, 6) is -0.908. The fraction of sp³-hybridized carbons (Fsp3) is 0.833. The van der Waals surface area contributed by atoms with Crippen LogP contribution in [0.1, 0.15) is 40.0 Å². The van der Waals surface area contributed by atoms with Crippen LogP contribution in [0.3, 0.4) is 0 Å². The van der Waals surface area contributed by atoms with E-state index in [1.807, 2.05) is 0 Å². The summed E-state index contributed by atoms with van der Waals surface area (Å²) in [6.45, 7) is 6.04. The van der Waals surface area contributed by atoms with E-state index in [4.69, 9.17) is 5.11 Å². The summed E-state index contributed by atoms with van der Waals surface area (Å²) in [7, 11) is 1.67. The number of hydrogen-bond donors (Lipinski definition) is 1. The van der Waals surface area contributed by atoms with Gasteiger partial charge in [0.25, 0.3) is 0 Å². The molecule has 0 bridgehead atoms. The Morgan fingerprint density at radius 2 is 1.75 bits per heavy atom. The molecule has 0 saturated carbocycles. The van der Waals surface area contributed by atoms with Crippen LogP contribution in [0.4, 0.5) is 0 Å². The van der Waals surface area contributed by atoms with Gasteiger partial charge in [-0.15, -0.1) is 0 Å². The van der Waals surface area contributed by atoms with Crippen LogP contribution in [0, 0.1) is 11.8 Å². The molecule has 4 nitrogen and oxygen atoms in total. The Morgan fingerprint density at radius 3 is 2.12 bits per heavy atom. The summed E-state index contributed by atoms with van der Waals surface area (Å²) < 4.78 is 0. The molecule has 0 radical (unpaired) electrons. The van der Waals surface area contributed by atoms with Crippen LogP contribution in [0.15, 0.2) is 0 Å². The van der Waals surface area contributed by atoms with Gasteiger partial charge in [-0.1, -0.05) is 33.6 Å². The minimum atomic E-state index is -0.859. The largest absolute Gasteiger partial charge is 0.481 e. The average Bonchev–Trinajstić information content (AvgIpc) is 2.24. The quantitative estimate of drug-likeness (QED) is 0.726. The van der Waals surface area contributed by atoms with Crippen molar-refractivity contribution in [3.05, 3.63) is 0 Å². The Morgan fingerprint density at radius 1 is 1.25 bits per heavy atom. The first kappa shape index (κ1) is 14.9. The second kappa shape index (κ2) is 7.25. The second-order valence-electron chi connectivity index (χ2n) is 4.40. The summed E-state index contributed by atoms with van der Waals surface area (Å²) >= 11 is 0. The average molecular weight is 229 g/mol. The van der Waals surface area contributed by atoms with Gasteiger partial charge in [0, 0.05) is 20.0 Å². The molecule has 0 aliphatic rings. The number of carbonyl (C=O) groups excluding carboxylic acids is 1. The summed E-state index contributed by atoms with van der Waals surface area (Å²) in [6.07, 6.45) is 2.50. The van der Waals surface area contributed by atoms with Gasteiger partial charge in [0.15, 0.2) is 0 Å². The lowest BCUT2D eigenvalue weighted by atomic mass is 9.98. The third kappa shape index (κ3) is 5.14. The van der Waals surface area contributed by atoms with E-state index >= 15 is 0 Å². The summed E-state index contributed by atoms with van der Waals surface area (Å²) in [5, 5.41) is 8.75. The van der Waals surface area contributed by atoms with E-state index in [0.29, 0.717) is 12.3 Å². The first-order valence-electron chi connectivity index (χ1n) is 5.89. The van der Waals surface area contributed by atoms with Gasteiger partial charge in [-0.2, -0.15) is 0 Å². The molecule has 0 aliphatic heterocycles. The molecular weight excluding hydrogens is 206 g/mol. The molecule has 0 spiro atoms. The van der Waals surface area contributed by atoms with Crippen LogP contribution in [-0.4, -0.2) is 35.5 Å². The Bertz CT molecular complexity index is 236. The summed E-state index contributed by atoms with van der Waals surface area (Å²) in [6, 6.07) is 0. The van der Waals surface area contributed by atoms with E-state index in [0.717, 1.165) is 12.8 Å². The van der Waals surface area contributed by atoms with Gasteiger partial charge in [-0.3, -0.25) is 9.59 Å². The van der Waals surface area contributed by atoms with Crippen molar-refractivity contribution in [3.8, 4) is 0 Å². The topological polar surface area (TPSA) is 57.6 Å². The number of amides is 1. The third-order valence-corrected chi connectivity index (χ3v) is 3.01. The normalized spacial score (nSPS) is 12.6. The Labute approximate surface area is 97.6 Å². The van der Waals surface area contributed by atoms with E-state index in [-0.39, 0.29) is 12.5 Å². The minimum absolute atomic E-state index is 0.0433.